The van der Waals surface area contributed by atoms with Gasteiger partial charge in [0.15, 0.2) is 0 Å². The van der Waals surface area contributed by atoms with Crippen molar-refractivity contribution in [3.63, 3.8) is 0 Å². The Morgan fingerprint density at radius 1 is 1.47 bits per heavy atom. The first-order valence-corrected chi connectivity index (χ1v) is 5.62. The largest absolute Gasteiger partial charge is 0.508 e. The zero-order valence-corrected chi connectivity index (χ0v) is 10.3. The maximum Gasteiger partial charge on any atom is 0.316 e. The van der Waals surface area contributed by atoms with E-state index in [0.29, 0.717) is 13.0 Å². The molecule has 17 heavy (non-hydrogen) atoms. The van der Waals surface area contributed by atoms with Gasteiger partial charge in [0.1, 0.15) is 5.75 Å². The van der Waals surface area contributed by atoms with Crippen LogP contribution >= 0.6 is 0 Å². The van der Waals surface area contributed by atoms with E-state index in [-0.39, 0.29) is 11.7 Å². The lowest BCUT2D eigenvalue weighted by atomic mass is 9.79. The van der Waals surface area contributed by atoms with Gasteiger partial charge in [0, 0.05) is 0 Å². The first kappa shape index (κ1) is 13.3. The van der Waals surface area contributed by atoms with E-state index >= 15 is 0 Å². The number of ether oxygens (including phenoxy) is 1. The minimum absolute atomic E-state index is 0.179. The summed E-state index contributed by atoms with van der Waals surface area (Å²) in [6.07, 6.45) is 2.19. The van der Waals surface area contributed by atoms with Gasteiger partial charge in [-0.05, 0) is 38.0 Å². The number of carbonyl (C=O) groups excluding carboxylic acids is 1. The Morgan fingerprint density at radius 2 is 2.06 bits per heavy atom. The average molecular weight is 234 g/mol. The number of esters is 1. The highest BCUT2D eigenvalue weighted by atomic mass is 16.5. The molecule has 0 amide bonds. The molecule has 0 aromatic heterocycles. The Kier molecular flexibility index (Phi) is 4.32. The quantitative estimate of drug-likeness (QED) is 0.629. The van der Waals surface area contributed by atoms with Gasteiger partial charge in [-0.15, -0.1) is 6.58 Å². The topological polar surface area (TPSA) is 46.5 Å². The maximum absolute atomic E-state index is 12.0. The number of allylic oxidation sites excluding steroid dienone is 1. The molecule has 3 nitrogen and oxygen atoms in total. The summed E-state index contributed by atoms with van der Waals surface area (Å²) in [7, 11) is 0. The molecule has 0 saturated heterocycles. The van der Waals surface area contributed by atoms with Crippen LogP contribution in [0.15, 0.2) is 36.9 Å². The summed E-state index contributed by atoms with van der Waals surface area (Å²) in [5.74, 6) is -0.0934. The van der Waals surface area contributed by atoms with Crippen LogP contribution in [0.3, 0.4) is 0 Å². The highest BCUT2D eigenvalue weighted by molar-refractivity contribution is 5.83. The van der Waals surface area contributed by atoms with Crippen molar-refractivity contribution in [3.05, 3.63) is 42.5 Å². The molecule has 0 aliphatic rings. The van der Waals surface area contributed by atoms with Gasteiger partial charge in [-0.1, -0.05) is 18.2 Å². The van der Waals surface area contributed by atoms with Crippen molar-refractivity contribution >= 4 is 5.97 Å². The monoisotopic (exact) mass is 234 g/mol. The molecule has 0 aliphatic heterocycles. The van der Waals surface area contributed by atoms with E-state index in [4.69, 9.17) is 4.74 Å². The number of phenolic OH excluding ortho intramolecular Hbond substituents is 1. The maximum atomic E-state index is 12.0. The fourth-order valence-corrected chi connectivity index (χ4v) is 1.73. The minimum atomic E-state index is -0.745. The predicted octanol–water partition coefficient (Wildman–Crippen LogP) is 2.79. The van der Waals surface area contributed by atoms with E-state index < -0.39 is 5.41 Å². The first-order chi connectivity index (χ1) is 8.04. The van der Waals surface area contributed by atoms with Crippen LogP contribution in [0.5, 0.6) is 5.75 Å². The molecule has 1 aromatic rings. The van der Waals surface area contributed by atoms with Gasteiger partial charge in [-0.3, -0.25) is 4.79 Å². The Morgan fingerprint density at radius 3 is 2.53 bits per heavy atom. The standard InChI is InChI=1S/C14H18O3/c1-4-10-14(3,13(16)17-5-2)11-6-8-12(15)9-7-11/h4,6-9,15H,1,5,10H2,2-3H3/t14-/m0/s1. The SMILES string of the molecule is C=CC[C@](C)(C(=O)OCC)c1ccc(O)cc1. The third-order valence-corrected chi connectivity index (χ3v) is 2.78. The molecule has 0 unspecified atom stereocenters. The van der Waals surface area contributed by atoms with E-state index in [9.17, 15) is 9.90 Å². The molecular formula is C14H18O3. The van der Waals surface area contributed by atoms with Crippen LogP contribution in [0.1, 0.15) is 25.8 Å². The Labute approximate surface area is 102 Å². The molecule has 0 aliphatic carbocycles. The molecule has 1 rings (SSSR count). The fraction of sp³-hybridized carbons (Fsp3) is 0.357. The molecule has 0 saturated carbocycles. The number of benzene rings is 1. The third-order valence-electron chi connectivity index (χ3n) is 2.78. The average Bonchev–Trinajstić information content (AvgIpc) is 2.30. The number of phenols is 1. The Bertz CT molecular complexity index is 394. The Hall–Kier alpha value is -1.77. The van der Waals surface area contributed by atoms with E-state index in [1.54, 1.807) is 37.3 Å². The van der Waals surface area contributed by atoms with Crippen molar-refractivity contribution in [2.24, 2.45) is 0 Å². The zero-order chi connectivity index (χ0) is 12.9. The van der Waals surface area contributed by atoms with Crippen molar-refractivity contribution in [1.82, 2.24) is 0 Å². The van der Waals surface area contributed by atoms with E-state index in [2.05, 4.69) is 6.58 Å². The molecule has 0 fully saturated rings. The smallest absolute Gasteiger partial charge is 0.316 e. The van der Waals surface area contributed by atoms with Crippen molar-refractivity contribution in [1.29, 1.82) is 0 Å². The number of carbonyl (C=O) groups is 1. The van der Waals surface area contributed by atoms with Gasteiger partial charge in [0.05, 0.1) is 12.0 Å². The van der Waals surface area contributed by atoms with E-state index in [1.165, 1.54) is 0 Å². The van der Waals surface area contributed by atoms with Crippen LogP contribution in [-0.2, 0) is 14.9 Å². The lowest BCUT2D eigenvalue weighted by molar-refractivity contribution is -0.149. The number of rotatable bonds is 5. The summed E-state index contributed by atoms with van der Waals surface area (Å²) in [6, 6.07) is 6.59. The normalized spacial score (nSPS) is 13.8. The van der Waals surface area contributed by atoms with E-state index in [1.807, 2.05) is 6.92 Å². The second-order valence-corrected chi connectivity index (χ2v) is 4.09. The summed E-state index contributed by atoms with van der Waals surface area (Å²) in [6.45, 7) is 7.62. The van der Waals surface area contributed by atoms with Gasteiger partial charge in [-0.2, -0.15) is 0 Å². The van der Waals surface area contributed by atoms with Gasteiger partial charge < -0.3 is 9.84 Å². The van der Waals surface area contributed by atoms with E-state index in [0.717, 1.165) is 5.56 Å². The summed E-state index contributed by atoms with van der Waals surface area (Å²) >= 11 is 0. The highest BCUT2D eigenvalue weighted by Gasteiger charge is 2.35. The predicted molar refractivity (Wildman–Crippen MR) is 66.9 cm³/mol. The first-order valence-electron chi connectivity index (χ1n) is 5.62. The third kappa shape index (κ3) is 2.87. The second-order valence-electron chi connectivity index (χ2n) is 4.09. The van der Waals surface area contributed by atoms with Crippen LogP contribution in [0.4, 0.5) is 0 Å². The number of aromatic hydroxyl groups is 1. The van der Waals surface area contributed by atoms with Crippen LogP contribution in [-0.4, -0.2) is 17.7 Å². The summed E-state index contributed by atoms with van der Waals surface area (Å²) < 4.78 is 5.10. The van der Waals surface area contributed by atoms with Crippen LogP contribution in [0.2, 0.25) is 0 Å². The van der Waals surface area contributed by atoms with Crippen LogP contribution < -0.4 is 0 Å². The molecule has 1 atom stereocenters. The molecule has 92 valence electrons. The summed E-state index contributed by atoms with van der Waals surface area (Å²) in [4.78, 5) is 12.0. The fourth-order valence-electron chi connectivity index (χ4n) is 1.73. The minimum Gasteiger partial charge on any atom is -0.508 e. The van der Waals surface area contributed by atoms with Gasteiger partial charge in [0.2, 0.25) is 0 Å². The molecule has 0 radical (unpaired) electrons. The zero-order valence-electron chi connectivity index (χ0n) is 10.3. The Balaban J connectivity index is 3.10. The van der Waals surface area contributed by atoms with Crippen molar-refractivity contribution in [2.45, 2.75) is 25.7 Å². The molecule has 1 aromatic carbocycles. The molecular weight excluding hydrogens is 216 g/mol. The van der Waals surface area contributed by atoms with Crippen molar-refractivity contribution in [3.8, 4) is 5.75 Å². The van der Waals surface area contributed by atoms with Gasteiger partial charge >= 0.3 is 5.97 Å². The molecule has 1 N–H and O–H groups in total. The van der Waals surface area contributed by atoms with Gasteiger partial charge in [-0.25, -0.2) is 0 Å². The van der Waals surface area contributed by atoms with Crippen LogP contribution in [0.25, 0.3) is 0 Å². The summed E-state index contributed by atoms with van der Waals surface area (Å²) in [5.41, 5.74) is 0.0690. The molecule has 0 bridgehead atoms. The second kappa shape index (κ2) is 5.53. The van der Waals surface area contributed by atoms with Crippen LogP contribution in [0, 0.1) is 0 Å². The number of hydrogen-bond acceptors (Lipinski definition) is 3. The lowest BCUT2D eigenvalue weighted by Gasteiger charge is -2.26. The molecule has 3 heteroatoms. The van der Waals surface area contributed by atoms with Crippen molar-refractivity contribution in [2.75, 3.05) is 6.61 Å². The van der Waals surface area contributed by atoms with Crippen molar-refractivity contribution < 1.29 is 14.6 Å². The number of hydrogen-bond donors (Lipinski definition) is 1. The van der Waals surface area contributed by atoms with Gasteiger partial charge in [0.25, 0.3) is 0 Å². The molecule has 0 spiro atoms. The molecule has 0 heterocycles. The summed E-state index contributed by atoms with van der Waals surface area (Å²) in [5, 5.41) is 9.26. The highest BCUT2D eigenvalue weighted by Crippen LogP contribution is 2.30. The lowest BCUT2D eigenvalue weighted by Crippen LogP contribution is -2.34.